The molecule has 40 heavy (non-hydrogen) atoms. The van der Waals surface area contributed by atoms with E-state index in [9.17, 15) is 0 Å². The molecule has 3 heteroatoms. The topological polar surface area (TPSA) is 21.6 Å². The van der Waals surface area contributed by atoms with Gasteiger partial charge in [0.1, 0.15) is 12.4 Å². The first kappa shape index (κ1) is 29.8. The first-order valence-corrected chi connectivity index (χ1v) is 15.3. The first-order valence-electron chi connectivity index (χ1n) is 14.3. The molecule has 2 unspecified atom stereocenters. The molecule has 0 amide bonds. The van der Waals surface area contributed by atoms with E-state index in [-0.39, 0.29) is 10.6 Å². The van der Waals surface area contributed by atoms with Gasteiger partial charge in [-0.1, -0.05) is 128 Å². The van der Waals surface area contributed by atoms with E-state index in [0.29, 0.717) is 15.2 Å². The van der Waals surface area contributed by atoms with Crippen LogP contribution in [0.15, 0.2) is 96.0 Å². The van der Waals surface area contributed by atoms with Crippen LogP contribution >= 0.6 is 8.58 Å². The van der Waals surface area contributed by atoms with E-state index in [1.54, 1.807) is 0 Å². The quantitative estimate of drug-likeness (QED) is 0.150. The fourth-order valence-electron chi connectivity index (χ4n) is 5.14. The third kappa shape index (κ3) is 6.91. The SMILES string of the molecule is CCC(C)(Pc1c(C)cccc1/C(C)=N/c1ccccc1)c1cc(C)cc(C(C)(C)C)c1OCc1ccccc1. The zero-order valence-electron chi connectivity index (χ0n) is 25.4. The average molecular weight is 550 g/mol. The van der Waals surface area contributed by atoms with Crippen LogP contribution in [0.5, 0.6) is 5.75 Å². The summed E-state index contributed by atoms with van der Waals surface area (Å²) in [5, 5.41) is 1.28. The second kappa shape index (κ2) is 12.5. The van der Waals surface area contributed by atoms with Crippen molar-refractivity contribution in [3.8, 4) is 5.75 Å². The average Bonchev–Trinajstić information content (AvgIpc) is 2.93. The minimum atomic E-state index is -0.105. The van der Waals surface area contributed by atoms with Crippen LogP contribution in [0, 0.1) is 13.8 Å². The Labute approximate surface area is 243 Å². The Kier molecular flexibility index (Phi) is 9.32. The van der Waals surface area contributed by atoms with Crippen molar-refractivity contribution in [2.24, 2.45) is 4.99 Å². The van der Waals surface area contributed by atoms with Crippen molar-refractivity contribution in [3.05, 3.63) is 124 Å². The van der Waals surface area contributed by atoms with Crippen molar-refractivity contribution >= 4 is 25.3 Å². The Balaban J connectivity index is 1.83. The van der Waals surface area contributed by atoms with Gasteiger partial charge in [-0.25, -0.2) is 0 Å². The molecule has 0 bridgehead atoms. The van der Waals surface area contributed by atoms with E-state index in [1.165, 1.54) is 38.7 Å². The first-order chi connectivity index (χ1) is 19.0. The van der Waals surface area contributed by atoms with Gasteiger partial charge in [0.2, 0.25) is 0 Å². The third-order valence-electron chi connectivity index (χ3n) is 7.69. The molecule has 0 heterocycles. The largest absolute Gasteiger partial charge is 0.488 e. The van der Waals surface area contributed by atoms with E-state index in [0.717, 1.165) is 23.6 Å². The molecule has 0 N–H and O–H groups in total. The summed E-state index contributed by atoms with van der Waals surface area (Å²) in [4.78, 5) is 5.00. The van der Waals surface area contributed by atoms with Crippen LogP contribution < -0.4 is 10.0 Å². The van der Waals surface area contributed by atoms with Crippen molar-refractivity contribution in [2.75, 3.05) is 0 Å². The summed E-state index contributed by atoms with van der Waals surface area (Å²) >= 11 is 0. The predicted molar refractivity (Wildman–Crippen MR) is 176 cm³/mol. The molecule has 4 rings (SSSR count). The molecule has 0 saturated carbocycles. The molecule has 0 aliphatic heterocycles. The highest BCUT2D eigenvalue weighted by molar-refractivity contribution is 7.49. The van der Waals surface area contributed by atoms with Crippen LogP contribution in [-0.2, 0) is 17.2 Å². The van der Waals surface area contributed by atoms with Gasteiger partial charge in [0, 0.05) is 27.6 Å². The second-order valence-electron chi connectivity index (χ2n) is 12.1. The van der Waals surface area contributed by atoms with Crippen LogP contribution in [0.3, 0.4) is 0 Å². The lowest BCUT2D eigenvalue weighted by Crippen LogP contribution is -2.25. The van der Waals surface area contributed by atoms with E-state index >= 15 is 0 Å². The maximum absolute atomic E-state index is 6.79. The molecule has 0 spiro atoms. The monoisotopic (exact) mass is 549 g/mol. The van der Waals surface area contributed by atoms with Crippen molar-refractivity contribution in [3.63, 3.8) is 0 Å². The number of para-hydroxylation sites is 1. The molecule has 0 fully saturated rings. The Morgan fingerprint density at radius 2 is 1.43 bits per heavy atom. The molecule has 0 aliphatic rings. The number of ether oxygens (including phenoxy) is 1. The molecule has 0 aliphatic carbocycles. The van der Waals surface area contributed by atoms with Gasteiger partial charge in [0.25, 0.3) is 0 Å². The molecule has 4 aromatic carbocycles. The minimum absolute atomic E-state index is 0.0443. The van der Waals surface area contributed by atoms with Gasteiger partial charge in [-0.05, 0) is 61.2 Å². The van der Waals surface area contributed by atoms with Gasteiger partial charge in [-0.15, -0.1) is 0 Å². The normalized spacial score (nSPS) is 13.9. The highest BCUT2D eigenvalue weighted by Gasteiger charge is 2.34. The van der Waals surface area contributed by atoms with Gasteiger partial charge in [0.15, 0.2) is 0 Å². The van der Waals surface area contributed by atoms with E-state index in [4.69, 9.17) is 9.73 Å². The van der Waals surface area contributed by atoms with Crippen molar-refractivity contribution in [1.29, 1.82) is 0 Å². The molecule has 0 saturated heterocycles. The summed E-state index contributed by atoms with van der Waals surface area (Å²) in [6.45, 7) is 18.7. The number of hydrogen-bond donors (Lipinski definition) is 0. The summed E-state index contributed by atoms with van der Waals surface area (Å²) in [6.07, 6.45) is 1.00. The third-order valence-corrected chi connectivity index (χ3v) is 9.77. The Morgan fingerprint density at radius 3 is 2.05 bits per heavy atom. The molecule has 2 nitrogen and oxygen atoms in total. The standard InChI is InChI=1S/C37H44NOP/c1-9-37(8,40-35-27(3)17-16-22-31(35)28(4)38-30-20-14-11-15-21-30)33-24-26(2)23-32(36(5,6)7)34(33)39-25-29-18-12-10-13-19-29/h10-24,40H,9,25H2,1-8H3/b38-28+. The Bertz CT molecular complexity index is 1470. The maximum Gasteiger partial charge on any atom is 0.127 e. The molecule has 0 aromatic heterocycles. The van der Waals surface area contributed by atoms with Gasteiger partial charge >= 0.3 is 0 Å². The summed E-state index contributed by atoms with van der Waals surface area (Å²) in [7, 11) is 0.560. The zero-order valence-corrected chi connectivity index (χ0v) is 26.4. The van der Waals surface area contributed by atoms with Gasteiger partial charge < -0.3 is 4.74 Å². The maximum atomic E-state index is 6.79. The zero-order chi connectivity index (χ0) is 28.9. The van der Waals surface area contributed by atoms with Crippen molar-refractivity contribution in [1.82, 2.24) is 0 Å². The lowest BCUT2D eigenvalue weighted by molar-refractivity contribution is 0.291. The minimum Gasteiger partial charge on any atom is -0.488 e. The number of nitrogens with zero attached hydrogens (tertiary/aromatic N) is 1. The van der Waals surface area contributed by atoms with Crippen molar-refractivity contribution < 1.29 is 4.74 Å². The predicted octanol–water partition coefficient (Wildman–Crippen LogP) is 9.95. The molecule has 208 valence electrons. The fourth-order valence-corrected chi connectivity index (χ4v) is 6.87. The smallest absolute Gasteiger partial charge is 0.127 e. The van der Waals surface area contributed by atoms with E-state index in [1.807, 2.05) is 18.2 Å². The number of benzene rings is 4. The lowest BCUT2D eigenvalue weighted by Gasteiger charge is -2.35. The van der Waals surface area contributed by atoms with Crippen molar-refractivity contribution in [2.45, 2.75) is 79.0 Å². The Morgan fingerprint density at radius 1 is 0.800 bits per heavy atom. The number of aryl methyl sites for hydroxylation is 2. The Hall–Kier alpha value is -3.22. The van der Waals surface area contributed by atoms with Crippen LogP contribution in [0.2, 0.25) is 0 Å². The molecule has 4 aromatic rings. The fraction of sp³-hybridized carbons (Fsp3) is 0.324. The molecular formula is C37H44NOP. The lowest BCUT2D eigenvalue weighted by atomic mass is 9.81. The summed E-state index contributed by atoms with van der Waals surface area (Å²) in [6, 6.07) is 32.1. The highest BCUT2D eigenvalue weighted by atomic mass is 31.1. The highest BCUT2D eigenvalue weighted by Crippen LogP contribution is 2.51. The van der Waals surface area contributed by atoms with E-state index in [2.05, 4.69) is 128 Å². The van der Waals surface area contributed by atoms with Gasteiger partial charge in [-0.3, -0.25) is 4.99 Å². The second-order valence-corrected chi connectivity index (χ2v) is 13.9. The number of aliphatic imine (C=N–C) groups is 1. The molecule has 0 radical (unpaired) electrons. The van der Waals surface area contributed by atoms with Crippen LogP contribution in [-0.4, -0.2) is 5.71 Å². The van der Waals surface area contributed by atoms with Crippen LogP contribution in [0.4, 0.5) is 5.69 Å². The summed E-state index contributed by atoms with van der Waals surface area (Å²) in [5.41, 5.74) is 9.58. The molecular weight excluding hydrogens is 505 g/mol. The van der Waals surface area contributed by atoms with Gasteiger partial charge in [-0.2, -0.15) is 0 Å². The van der Waals surface area contributed by atoms with E-state index < -0.39 is 0 Å². The summed E-state index contributed by atoms with van der Waals surface area (Å²) in [5.74, 6) is 1.05. The van der Waals surface area contributed by atoms with Crippen LogP contribution in [0.1, 0.15) is 81.3 Å². The van der Waals surface area contributed by atoms with Gasteiger partial charge in [0.05, 0.1) is 5.69 Å². The number of hydrogen-bond acceptors (Lipinski definition) is 2. The van der Waals surface area contributed by atoms with Crippen LogP contribution in [0.25, 0.3) is 0 Å². The summed E-state index contributed by atoms with van der Waals surface area (Å²) < 4.78 is 6.79. The number of rotatable bonds is 9. The molecule has 2 atom stereocenters.